The predicted molar refractivity (Wildman–Crippen MR) is 300 cm³/mol. The molecule has 4 aliphatic rings. The highest BCUT2D eigenvalue weighted by atomic mass is 35.5. The van der Waals surface area contributed by atoms with E-state index in [4.69, 9.17) is 16.3 Å². The van der Waals surface area contributed by atoms with E-state index in [0.717, 1.165) is 68.0 Å². The van der Waals surface area contributed by atoms with Crippen LogP contribution in [-0.4, -0.2) is 90.4 Å². The number of carbonyl (C=O) groups excluding carboxylic acids is 4. The summed E-state index contributed by atoms with van der Waals surface area (Å²) in [5.74, 6) is -1.10. The Morgan fingerprint density at radius 3 is 2.51 bits per heavy atom. The molecule has 408 valence electrons. The minimum Gasteiger partial charge on any atom is -0.455 e. The molecule has 0 spiro atoms. The highest BCUT2D eigenvalue weighted by Gasteiger charge is 2.40. The fourth-order valence-corrected chi connectivity index (χ4v) is 12.2. The first-order valence-corrected chi connectivity index (χ1v) is 28.5. The van der Waals surface area contributed by atoms with Crippen molar-refractivity contribution in [3.8, 4) is 11.5 Å². The van der Waals surface area contributed by atoms with E-state index in [0.29, 0.717) is 78.4 Å². The second kappa shape index (κ2) is 23.4. The lowest BCUT2D eigenvalue weighted by molar-refractivity contribution is -0.136. The molecule has 0 bridgehead atoms. The van der Waals surface area contributed by atoms with Gasteiger partial charge in [-0.15, -0.1) is 0 Å². The van der Waals surface area contributed by atoms with Crippen LogP contribution in [0.3, 0.4) is 0 Å². The summed E-state index contributed by atoms with van der Waals surface area (Å²) in [6.45, 7) is 8.03. The number of rotatable bonds is 20. The summed E-state index contributed by atoms with van der Waals surface area (Å²) in [5.41, 5.74) is 10.7. The number of piperidine rings is 1. The SMILES string of the molecule is CC1(C)CCC(CNCCNc2ccc(C(=O)NS(=O)(=O)c3ccc(NCC4CCC(NCc5cccc6c5CN(C5CCC(=O)NC5=O)C6=O)CC4)c(NO)c3)c(Oc3cnc4[nH]ccc4c3)c2)=C(c2ccc(Cl)cc2)C1. The zero-order chi connectivity index (χ0) is 54.6. The number of carbonyl (C=O) groups is 4. The fourth-order valence-electron chi connectivity index (χ4n) is 11.1. The van der Waals surface area contributed by atoms with Crippen LogP contribution < -0.4 is 41.5 Å². The van der Waals surface area contributed by atoms with E-state index in [-0.39, 0.29) is 51.6 Å². The molecule has 9 N–H and O–H groups in total. The summed E-state index contributed by atoms with van der Waals surface area (Å²) < 4.78 is 36.2. The van der Waals surface area contributed by atoms with Crippen molar-refractivity contribution < 1.29 is 37.5 Å². The van der Waals surface area contributed by atoms with Gasteiger partial charge in [0, 0.05) is 85.7 Å². The number of hydrogen-bond donors (Lipinski definition) is 9. The summed E-state index contributed by atoms with van der Waals surface area (Å²) in [4.78, 5) is 60.4. The van der Waals surface area contributed by atoms with Crippen LogP contribution in [-0.2, 0) is 32.7 Å². The Morgan fingerprint density at radius 2 is 1.72 bits per heavy atom. The average Bonchev–Trinajstić information content (AvgIpc) is 4.16. The number of nitrogens with zero attached hydrogens (tertiary/aromatic N) is 2. The normalized spacial score (nSPS) is 19.4. The summed E-state index contributed by atoms with van der Waals surface area (Å²) in [7, 11) is -4.46. The van der Waals surface area contributed by atoms with E-state index in [2.05, 4.69) is 72.7 Å². The molecule has 4 heterocycles. The van der Waals surface area contributed by atoms with Gasteiger partial charge in [0.1, 0.15) is 23.2 Å². The van der Waals surface area contributed by atoms with Crippen molar-refractivity contribution in [2.24, 2.45) is 11.3 Å². The van der Waals surface area contributed by atoms with Gasteiger partial charge in [0.2, 0.25) is 11.8 Å². The van der Waals surface area contributed by atoms with Gasteiger partial charge >= 0.3 is 0 Å². The van der Waals surface area contributed by atoms with E-state index < -0.39 is 27.9 Å². The monoisotopic (exact) mass is 1100 g/mol. The number of anilines is 3. The van der Waals surface area contributed by atoms with E-state index in [1.165, 1.54) is 41.1 Å². The van der Waals surface area contributed by atoms with Gasteiger partial charge < -0.3 is 35.9 Å². The number of imide groups is 1. The van der Waals surface area contributed by atoms with Gasteiger partial charge in [-0.1, -0.05) is 55.3 Å². The van der Waals surface area contributed by atoms with Crippen LogP contribution in [0.25, 0.3) is 16.6 Å². The van der Waals surface area contributed by atoms with E-state index in [1.54, 1.807) is 41.4 Å². The van der Waals surface area contributed by atoms with Crippen LogP contribution in [0.1, 0.15) is 109 Å². The van der Waals surface area contributed by atoms with Gasteiger partial charge in [0.25, 0.3) is 21.8 Å². The molecule has 78 heavy (non-hydrogen) atoms. The highest BCUT2D eigenvalue weighted by molar-refractivity contribution is 7.90. The van der Waals surface area contributed by atoms with Gasteiger partial charge in [0.05, 0.1) is 28.0 Å². The molecule has 2 aliphatic heterocycles. The summed E-state index contributed by atoms with van der Waals surface area (Å²) in [6, 6.07) is 26.0. The highest BCUT2D eigenvalue weighted by Crippen LogP contribution is 2.43. The van der Waals surface area contributed by atoms with Gasteiger partial charge in [0.15, 0.2) is 0 Å². The number of ether oxygens (including phenoxy) is 1. The maximum Gasteiger partial charge on any atom is 0.268 e. The average molecular weight is 1100 g/mol. The molecular formula is C58H65ClN10O8S. The number of H-pyrrole nitrogens is 1. The lowest BCUT2D eigenvalue weighted by Gasteiger charge is -2.34. The molecule has 1 atom stereocenters. The molecule has 10 rings (SSSR count). The quantitative estimate of drug-likeness (QED) is 0.0197. The standard InChI is InChI=1S/C58H65ClN10O8S/c1-58(2)22-20-39(47(29-58)36-8-10-40(59)11-9-36)31-60-24-25-61-42-14-16-46(52(27-42)77-43-26-37-21-23-62-54(37)65-33-43)55(71)68-78(75,76)44-15-17-49(50(28-44)67-74)64-30-35-6-12-41(13-7-35)63-32-38-4-3-5-45-48(38)34-69(57(45)73)51-18-19-53(70)66-56(51)72/h3-5,8-11,14-17,21,23,26-28,33,35,41,51,60-61,63-64,67,74H,6-7,12-13,18-20,22,24-25,29-32,34H2,1-2H3,(H,62,65)(H,68,71)(H,66,70,72). The summed E-state index contributed by atoms with van der Waals surface area (Å²) >= 11 is 6.22. The third-order valence-electron chi connectivity index (χ3n) is 15.5. The maximum atomic E-state index is 14.0. The molecule has 6 aromatic rings. The summed E-state index contributed by atoms with van der Waals surface area (Å²) in [6.07, 6.45) is 10.6. The van der Waals surface area contributed by atoms with Crippen molar-refractivity contribution in [1.82, 2.24) is 35.5 Å². The Kier molecular flexibility index (Phi) is 16.2. The van der Waals surface area contributed by atoms with Crippen LogP contribution in [0.2, 0.25) is 5.02 Å². The Bertz CT molecular complexity index is 3390. The predicted octanol–water partition coefficient (Wildman–Crippen LogP) is 9.12. The van der Waals surface area contributed by atoms with Crippen molar-refractivity contribution in [2.45, 2.75) is 102 Å². The van der Waals surface area contributed by atoms with Gasteiger partial charge in [-0.3, -0.25) is 35.2 Å². The first kappa shape index (κ1) is 54.1. The van der Waals surface area contributed by atoms with Crippen LogP contribution >= 0.6 is 11.6 Å². The van der Waals surface area contributed by atoms with E-state index in [1.807, 2.05) is 30.3 Å². The molecule has 1 saturated carbocycles. The lowest BCUT2D eigenvalue weighted by atomic mass is 9.72. The maximum absolute atomic E-state index is 14.0. The first-order valence-electron chi connectivity index (χ1n) is 26.6. The number of aromatic amines is 1. The zero-order valence-corrected chi connectivity index (χ0v) is 45.2. The van der Waals surface area contributed by atoms with Crippen molar-refractivity contribution in [3.63, 3.8) is 0 Å². The molecule has 1 unspecified atom stereocenters. The number of halogens is 1. The van der Waals surface area contributed by atoms with E-state index in [9.17, 15) is 32.8 Å². The topological polar surface area (TPSA) is 248 Å². The van der Waals surface area contributed by atoms with Crippen molar-refractivity contribution >= 4 is 78.9 Å². The number of benzene rings is 4. The van der Waals surface area contributed by atoms with Crippen molar-refractivity contribution in [1.29, 1.82) is 0 Å². The Hall–Kier alpha value is -7.29. The van der Waals surface area contributed by atoms with Crippen LogP contribution in [0.5, 0.6) is 11.5 Å². The first-order chi connectivity index (χ1) is 37.6. The number of aromatic nitrogens is 2. The molecule has 20 heteroatoms. The Balaban J connectivity index is 0.736. The lowest BCUT2D eigenvalue weighted by Crippen LogP contribution is -2.52. The molecule has 4 aromatic carbocycles. The fraction of sp³-hybridized carbons (Fsp3) is 0.362. The molecule has 1 saturated heterocycles. The Labute approximate surface area is 458 Å². The number of hydrogen-bond acceptors (Lipinski definition) is 14. The number of fused-ring (bicyclic) bond motifs is 2. The Morgan fingerprint density at radius 1 is 0.897 bits per heavy atom. The number of nitrogens with one attached hydrogen (secondary N) is 8. The number of sulfonamides is 1. The second-order valence-electron chi connectivity index (χ2n) is 21.5. The molecule has 18 nitrogen and oxygen atoms in total. The van der Waals surface area contributed by atoms with Crippen molar-refractivity contribution in [3.05, 3.63) is 142 Å². The van der Waals surface area contributed by atoms with Crippen molar-refractivity contribution in [2.75, 3.05) is 42.3 Å². The van der Waals surface area contributed by atoms with Gasteiger partial charge in [-0.2, -0.15) is 0 Å². The zero-order valence-electron chi connectivity index (χ0n) is 43.6. The van der Waals surface area contributed by atoms with Crippen LogP contribution in [0.4, 0.5) is 17.1 Å². The molecular weight excluding hydrogens is 1030 g/mol. The molecule has 2 fully saturated rings. The molecule has 2 aromatic heterocycles. The third-order valence-corrected chi connectivity index (χ3v) is 17.1. The van der Waals surface area contributed by atoms with Crippen LogP contribution in [0, 0.1) is 11.3 Å². The minimum atomic E-state index is -4.46. The van der Waals surface area contributed by atoms with E-state index >= 15 is 0 Å². The number of pyridine rings is 1. The summed E-state index contributed by atoms with van der Waals surface area (Å²) in [5, 5.41) is 28.1. The number of allylic oxidation sites excluding steroid dienone is 1. The van der Waals surface area contributed by atoms with Gasteiger partial charge in [-0.25, -0.2) is 18.1 Å². The molecule has 0 radical (unpaired) electrons. The molecule has 4 amide bonds. The third kappa shape index (κ3) is 12.5. The van der Waals surface area contributed by atoms with Gasteiger partial charge in [-0.05, 0) is 146 Å². The van der Waals surface area contributed by atoms with Crippen LogP contribution in [0.15, 0.2) is 114 Å². The largest absolute Gasteiger partial charge is 0.455 e. The molecule has 2 aliphatic carbocycles. The second-order valence-corrected chi connectivity index (χ2v) is 23.6. The minimum absolute atomic E-state index is 0.0274. The number of amides is 4. The smallest absolute Gasteiger partial charge is 0.268 e.